The summed E-state index contributed by atoms with van der Waals surface area (Å²) in [5.41, 5.74) is 1.06. The van der Waals surface area contributed by atoms with Gasteiger partial charge in [-0.2, -0.15) is 0 Å². The Labute approximate surface area is 167 Å². The van der Waals surface area contributed by atoms with Crippen molar-refractivity contribution in [2.75, 3.05) is 53.5 Å². The molecule has 1 aromatic rings. The molecule has 0 radical (unpaired) electrons. The zero-order valence-corrected chi connectivity index (χ0v) is 17.5. The minimum Gasteiger partial charge on any atom is -0.379 e. The molecule has 0 unspecified atom stereocenters. The largest absolute Gasteiger partial charge is 0.379 e. The van der Waals surface area contributed by atoms with Crippen molar-refractivity contribution in [3.63, 3.8) is 0 Å². The number of guanidine groups is 1. The molecule has 1 N–H and O–H groups in total. The zero-order valence-electron chi connectivity index (χ0n) is 15.2. The van der Waals surface area contributed by atoms with E-state index in [4.69, 9.17) is 4.74 Å². The summed E-state index contributed by atoms with van der Waals surface area (Å²) in [6, 6.07) is 6.60. The maximum atomic E-state index is 13.0. The summed E-state index contributed by atoms with van der Waals surface area (Å²) in [6.07, 6.45) is 2.28. The molecule has 1 heterocycles. The molecule has 1 aromatic carbocycles. The minimum atomic E-state index is -0.204. The summed E-state index contributed by atoms with van der Waals surface area (Å²) in [5.74, 6) is 0.662. The van der Waals surface area contributed by atoms with E-state index in [1.54, 1.807) is 19.2 Å². The molecule has 1 aliphatic heterocycles. The highest BCUT2D eigenvalue weighted by molar-refractivity contribution is 14.0. The van der Waals surface area contributed by atoms with Crippen LogP contribution in [0.5, 0.6) is 0 Å². The highest BCUT2D eigenvalue weighted by Crippen LogP contribution is 2.06. The lowest BCUT2D eigenvalue weighted by Crippen LogP contribution is -2.39. The molecular formula is C18H30FIN4O. The smallest absolute Gasteiger partial charge is 0.193 e. The highest BCUT2D eigenvalue weighted by Gasteiger charge is 2.10. The van der Waals surface area contributed by atoms with Gasteiger partial charge in [0.1, 0.15) is 5.82 Å². The number of nitrogens with one attached hydrogen (secondary N) is 1. The van der Waals surface area contributed by atoms with Crippen molar-refractivity contribution >= 4 is 29.9 Å². The standard InChI is InChI=1S/C18H29FN4O.HI/c1-20-18(22(2)15-16-5-7-17(19)8-6-16)21-9-3-4-10-23-11-13-24-14-12-23;/h5-8H,3-4,9-15H2,1-2H3,(H,20,21);1H. The van der Waals surface area contributed by atoms with Gasteiger partial charge in [0.05, 0.1) is 13.2 Å². The van der Waals surface area contributed by atoms with Gasteiger partial charge in [-0.25, -0.2) is 4.39 Å². The van der Waals surface area contributed by atoms with E-state index in [1.807, 2.05) is 7.05 Å². The Morgan fingerprint density at radius 1 is 1.24 bits per heavy atom. The molecule has 0 bridgehead atoms. The quantitative estimate of drug-likeness (QED) is 0.292. The van der Waals surface area contributed by atoms with Crippen LogP contribution in [0, 0.1) is 5.82 Å². The van der Waals surface area contributed by atoms with Gasteiger partial charge in [0.15, 0.2) is 5.96 Å². The number of unbranched alkanes of at least 4 members (excludes halogenated alkanes) is 1. The minimum absolute atomic E-state index is 0. The first kappa shape index (κ1) is 22.1. The lowest BCUT2D eigenvalue weighted by atomic mass is 10.2. The fourth-order valence-corrected chi connectivity index (χ4v) is 2.81. The van der Waals surface area contributed by atoms with Gasteiger partial charge in [-0.3, -0.25) is 9.89 Å². The van der Waals surface area contributed by atoms with Gasteiger partial charge < -0.3 is 15.0 Å². The van der Waals surface area contributed by atoms with Gasteiger partial charge in [0.2, 0.25) is 0 Å². The first-order valence-corrected chi connectivity index (χ1v) is 8.65. The lowest BCUT2D eigenvalue weighted by molar-refractivity contribution is 0.0372. The van der Waals surface area contributed by atoms with Crippen LogP contribution in [-0.2, 0) is 11.3 Å². The predicted molar refractivity (Wildman–Crippen MR) is 111 cm³/mol. The van der Waals surface area contributed by atoms with E-state index in [0.29, 0.717) is 6.54 Å². The summed E-state index contributed by atoms with van der Waals surface area (Å²) < 4.78 is 18.3. The summed E-state index contributed by atoms with van der Waals surface area (Å²) in [7, 11) is 3.78. The maximum Gasteiger partial charge on any atom is 0.193 e. The van der Waals surface area contributed by atoms with Gasteiger partial charge in [-0.15, -0.1) is 24.0 Å². The fourth-order valence-electron chi connectivity index (χ4n) is 2.81. The number of morpholine rings is 1. The van der Waals surface area contributed by atoms with E-state index in [9.17, 15) is 4.39 Å². The Morgan fingerprint density at radius 2 is 1.92 bits per heavy atom. The first-order chi connectivity index (χ1) is 11.7. The van der Waals surface area contributed by atoms with Crippen LogP contribution in [0.25, 0.3) is 0 Å². The van der Waals surface area contributed by atoms with E-state index in [-0.39, 0.29) is 29.8 Å². The molecule has 0 atom stereocenters. The Morgan fingerprint density at radius 3 is 2.56 bits per heavy atom. The topological polar surface area (TPSA) is 40.1 Å². The lowest BCUT2D eigenvalue weighted by Gasteiger charge is -2.26. The number of hydrogen-bond donors (Lipinski definition) is 1. The molecule has 1 aliphatic rings. The van der Waals surface area contributed by atoms with E-state index < -0.39 is 0 Å². The van der Waals surface area contributed by atoms with Crippen molar-refractivity contribution in [2.24, 2.45) is 4.99 Å². The Kier molecular flexibility index (Phi) is 11.0. The van der Waals surface area contributed by atoms with Crippen LogP contribution < -0.4 is 5.32 Å². The second-order valence-corrected chi connectivity index (χ2v) is 6.12. The highest BCUT2D eigenvalue weighted by atomic mass is 127. The second kappa shape index (κ2) is 12.4. The maximum absolute atomic E-state index is 13.0. The van der Waals surface area contributed by atoms with Crippen molar-refractivity contribution in [3.05, 3.63) is 35.6 Å². The van der Waals surface area contributed by atoms with E-state index in [1.165, 1.54) is 18.6 Å². The summed E-state index contributed by atoms with van der Waals surface area (Å²) >= 11 is 0. The SMILES string of the molecule is CN=C(NCCCCN1CCOCC1)N(C)Cc1ccc(F)cc1.I. The van der Waals surface area contributed by atoms with Crippen LogP contribution in [0.1, 0.15) is 18.4 Å². The summed E-state index contributed by atoms with van der Waals surface area (Å²) in [4.78, 5) is 8.83. The zero-order chi connectivity index (χ0) is 17.2. The average molecular weight is 464 g/mol. The third kappa shape index (κ3) is 8.33. The van der Waals surface area contributed by atoms with Crippen LogP contribution in [0.2, 0.25) is 0 Å². The molecule has 1 saturated heterocycles. The van der Waals surface area contributed by atoms with Gasteiger partial charge in [0, 0.05) is 40.3 Å². The van der Waals surface area contributed by atoms with Crippen LogP contribution in [-0.4, -0.2) is 69.2 Å². The van der Waals surface area contributed by atoms with E-state index in [0.717, 1.165) is 57.3 Å². The molecule has 2 rings (SSSR count). The van der Waals surface area contributed by atoms with Crippen LogP contribution in [0.15, 0.2) is 29.3 Å². The van der Waals surface area contributed by atoms with Crippen molar-refractivity contribution in [1.82, 2.24) is 15.1 Å². The number of nitrogens with zero attached hydrogens (tertiary/aromatic N) is 3. The van der Waals surface area contributed by atoms with Crippen molar-refractivity contribution < 1.29 is 9.13 Å². The second-order valence-electron chi connectivity index (χ2n) is 6.12. The average Bonchev–Trinajstić information content (AvgIpc) is 2.61. The van der Waals surface area contributed by atoms with Crippen molar-refractivity contribution in [1.29, 1.82) is 0 Å². The number of hydrogen-bond acceptors (Lipinski definition) is 3. The molecular weight excluding hydrogens is 434 g/mol. The van der Waals surface area contributed by atoms with Crippen molar-refractivity contribution in [3.8, 4) is 0 Å². The Balaban J connectivity index is 0.00000312. The number of benzene rings is 1. The fraction of sp³-hybridized carbons (Fsp3) is 0.611. The predicted octanol–water partition coefficient (Wildman–Crippen LogP) is 2.56. The number of halogens is 2. The third-order valence-electron chi connectivity index (χ3n) is 4.19. The van der Waals surface area contributed by atoms with Gasteiger partial charge in [-0.1, -0.05) is 12.1 Å². The monoisotopic (exact) mass is 464 g/mol. The molecule has 0 aliphatic carbocycles. The third-order valence-corrected chi connectivity index (χ3v) is 4.19. The first-order valence-electron chi connectivity index (χ1n) is 8.65. The van der Waals surface area contributed by atoms with E-state index >= 15 is 0 Å². The molecule has 0 spiro atoms. The molecule has 142 valence electrons. The van der Waals surface area contributed by atoms with Gasteiger partial charge in [0.25, 0.3) is 0 Å². The van der Waals surface area contributed by atoms with Gasteiger partial charge >= 0.3 is 0 Å². The number of rotatable bonds is 7. The summed E-state index contributed by atoms with van der Waals surface area (Å²) in [5, 5.41) is 3.40. The van der Waals surface area contributed by atoms with Crippen LogP contribution in [0.4, 0.5) is 4.39 Å². The summed E-state index contributed by atoms with van der Waals surface area (Å²) in [6.45, 7) is 6.57. The van der Waals surface area contributed by atoms with Crippen LogP contribution in [0.3, 0.4) is 0 Å². The molecule has 0 saturated carbocycles. The Hall–Kier alpha value is -0.930. The van der Waals surface area contributed by atoms with E-state index in [2.05, 4.69) is 20.1 Å². The number of ether oxygens (including phenoxy) is 1. The molecule has 7 heteroatoms. The number of aliphatic imine (C=N–C) groups is 1. The van der Waals surface area contributed by atoms with Crippen LogP contribution >= 0.6 is 24.0 Å². The molecule has 25 heavy (non-hydrogen) atoms. The van der Waals surface area contributed by atoms with Gasteiger partial charge in [-0.05, 0) is 37.1 Å². The molecule has 0 amide bonds. The normalized spacial score (nSPS) is 15.6. The van der Waals surface area contributed by atoms with Crippen molar-refractivity contribution in [2.45, 2.75) is 19.4 Å². The molecule has 0 aromatic heterocycles. The molecule has 1 fully saturated rings. The Bertz CT molecular complexity index is 506. The molecule has 5 nitrogen and oxygen atoms in total.